The first-order valence-corrected chi connectivity index (χ1v) is 14.6. The molecule has 2 N–H and O–H groups in total. The standard InChI is InChI=1S/C32H29F3N4O3S/c1-19-5-3-6-20(2)28(19)25-16-27-38-30(37-25)39-43-24-8-4-7-22(15-24)29(40)36-17-26(42-27)21-9-11-23(12-10-21)41-18-31(13-14-31)32(33,34)35/h3-12,15-16,26H,13-14,17-18H2,1-2H3,(H,36,40)(H,37,38,39). The van der Waals surface area contributed by atoms with Gasteiger partial charge in [0.25, 0.3) is 5.91 Å². The Kier molecular flexibility index (Phi) is 7.68. The average molecular weight is 607 g/mol. The molecule has 3 aromatic carbocycles. The minimum atomic E-state index is -4.29. The fourth-order valence-electron chi connectivity index (χ4n) is 5.00. The lowest BCUT2D eigenvalue weighted by Gasteiger charge is -2.22. The molecular formula is C32H29F3N4O3S. The van der Waals surface area contributed by atoms with Gasteiger partial charge in [0.05, 0.1) is 12.2 Å². The molecule has 0 radical (unpaired) electrons. The molecule has 1 aliphatic heterocycles. The second-order valence-electron chi connectivity index (χ2n) is 10.9. The lowest BCUT2D eigenvalue weighted by molar-refractivity contribution is -0.194. The van der Waals surface area contributed by atoms with Gasteiger partial charge < -0.3 is 14.8 Å². The second-order valence-corrected chi connectivity index (χ2v) is 11.7. The van der Waals surface area contributed by atoms with E-state index in [2.05, 4.69) is 15.0 Å². The molecule has 2 heterocycles. The molecule has 43 heavy (non-hydrogen) atoms. The van der Waals surface area contributed by atoms with Gasteiger partial charge in [0, 0.05) is 22.1 Å². The fourth-order valence-corrected chi connectivity index (χ4v) is 5.64. The number of rotatable bonds is 5. The lowest BCUT2D eigenvalue weighted by Crippen LogP contribution is -2.31. The Balaban J connectivity index is 1.33. The van der Waals surface area contributed by atoms with E-state index in [9.17, 15) is 18.0 Å². The number of amides is 1. The van der Waals surface area contributed by atoms with Crippen molar-refractivity contribution in [1.29, 1.82) is 0 Å². The van der Waals surface area contributed by atoms with Crippen LogP contribution in [0.2, 0.25) is 0 Å². The Hall–Kier alpha value is -4.25. The number of nitrogens with zero attached hydrogens (tertiary/aromatic N) is 2. The first-order valence-electron chi connectivity index (χ1n) is 13.8. The molecule has 2 aliphatic rings. The highest BCUT2D eigenvalue weighted by atomic mass is 32.2. The highest BCUT2D eigenvalue weighted by molar-refractivity contribution is 8.00. The summed E-state index contributed by atoms with van der Waals surface area (Å²) in [6.45, 7) is 3.73. The Bertz CT molecular complexity index is 1640. The summed E-state index contributed by atoms with van der Waals surface area (Å²) in [5, 5.41) is 2.94. The highest BCUT2D eigenvalue weighted by Gasteiger charge is 2.63. The number of carbonyl (C=O) groups is 1. The van der Waals surface area contributed by atoms with Gasteiger partial charge in [-0.25, -0.2) is 4.98 Å². The van der Waals surface area contributed by atoms with Crippen LogP contribution < -0.4 is 19.5 Å². The molecule has 0 saturated heterocycles. The summed E-state index contributed by atoms with van der Waals surface area (Å²) in [7, 11) is 0. The molecule has 11 heteroatoms. The van der Waals surface area contributed by atoms with Crippen molar-refractivity contribution < 1.29 is 27.4 Å². The maximum Gasteiger partial charge on any atom is 0.397 e. The van der Waals surface area contributed by atoms with Crippen LogP contribution in [0.4, 0.5) is 19.1 Å². The monoisotopic (exact) mass is 606 g/mol. The Morgan fingerprint density at radius 3 is 2.42 bits per heavy atom. The predicted octanol–water partition coefficient (Wildman–Crippen LogP) is 7.46. The molecule has 6 rings (SSSR count). The Labute approximate surface area is 251 Å². The van der Waals surface area contributed by atoms with E-state index in [1.165, 1.54) is 11.9 Å². The number of anilines is 1. The largest absolute Gasteiger partial charge is 0.493 e. The van der Waals surface area contributed by atoms with Crippen LogP contribution in [-0.2, 0) is 0 Å². The maximum absolute atomic E-state index is 13.3. The van der Waals surface area contributed by atoms with Gasteiger partial charge in [0.1, 0.15) is 23.9 Å². The van der Waals surface area contributed by atoms with Gasteiger partial charge in [-0.3, -0.25) is 9.52 Å². The average Bonchev–Trinajstić information content (AvgIpc) is 3.79. The highest BCUT2D eigenvalue weighted by Crippen LogP contribution is 2.57. The van der Waals surface area contributed by atoms with Gasteiger partial charge in [-0.05, 0) is 85.7 Å². The number of aromatic nitrogens is 2. The number of hydrogen-bond acceptors (Lipinski definition) is 7. The van der Waals surface area contributed by atoms with E-state index in [0.29, 0.717) is 34.4 Å². The molecule has 1 unspecified atom stereocenters. The molecule has 0 spiro atoms. The van der Waals surface area contributed by atoms with Crippen molar-refractivity contribution in [2.45, 2.75) is 43.9 Å². The zero-order valence-electron chi connectivity index (χ0n) is 23.5. The molecule has 7 nitrogen and oxygen atoms in total. The van der Waals surface area contributed by atoms with E-state index >= 15 is 0 Å². The van der Waals surface area contributed by atoms with E-state index in [0.717, 1.165) is 21.6 Å². The van der Waals surface area contributed by atoms with Crippen molar-refractivity contribution in [2.24, 2.45) is 5.41 Å². The fraction of sp³-hybridized carbons (Fsp3) is 0.281. The lowest BCUT2D eigenvalue weighted by atomic mass is 10.00. The first-order chi connectivity index (χ1) is 20.6. The van der Waals surface area contributed by atoms with Crippen molar-refractivity contribution in [1.82, 2.24) is 15.3 Å². The number of alkyl halides is 3. The number of benzene rings is 3. The van der Waals surface area contributed by atoms with Gasteiger partial charge in [0.2, 0.25) is 11.8 Å². The van der Waals surface area contributed by atoms with Crippen molar-refractivity contribution in [2.75, 3.05) is 17.9 Å². The van der Waals surface area contributed by atoms with Crippen LogP contribution in [0.5, 0.6) is 11.6 Å². The smallest absolute Gasteiger partial charge is 0.397 e. The normalized spacial score (nSPS) is 17.7. The third kappa shape index (κ3) is 6.27. The van der Waals surface area contributed by atoms with Gasteiger partial charge in [-0.15, -0.1) is 0 Å². The number of fused-ring (bicyclic) bond motifs is 4. The summed E-state index contributed by atoms with van der Waals surface area (Å²) in [5.74, 6) is 0.686. The molecule has 1 amide bonds. The van der Waals surface area contributed by atoms with Crippen molar-refractivity contribution in [3.63, 3.8) is 0 Å². The minimum Gasteiger partial charge on any atom is -0.493 e. The zero-order chi connectivity index (χ0) is 30.2. The molecule has 1 fully saturated rings. The summed E-state index contributed by atoms with van der Waals surface area (Å²) in [5.41, 5.74) is 3.15. The van der Waals surface area contributed by atoms with Gasteiger partial charge in [-0.2, -0.15) is 18.2 Å². The summed E-state index contributed by atoms with van der Waals surface area (Å²) in [6.07, 6.45) is -4.81. The SMILES string of the molecule is Cc1cccc(C)c1-c1cc2nc(n1)NSc1cccc(c1)C(=O)NCC(c1ccc(OCC3(C(F)(F)F)CC3)cc1)O2. The molecular weight excluding hydrogens is 577 g/mol. The van der Waals surface area contributed by atoms with E-state index in [1.807, 2.05) is 38.1 Å². The maximum atomic E-state index is 13.3. The third-order valence-corrected chi connectivity index (χ3v) is 8.50. The molecule has 4 bridgehead atoms. The molecule has 1 atom stereocenters. The number of nitrogens with one attached hydrogen (secondary N) is 2. The topological polar surface area (TPSA) is 85.4 Å². The number of aryl methyl sites for hydroxylation is 2. The number of halogens is 3. The predicted molar refractivity (Wildman–Crippen MR) is 158 cm³/mol. The number of hydrogen-bond donors (Lipinski definition) is 2. The Morgan fingerprint density at radius 2 is 1.72 bits per heavy atom. The molecule has 1 aromatic heterocycles. The Morgan fingerprint density at radius 1 is 1.00 bits per heavy atom. The number of ether oxygens (including phenoxy) is 2. The van der Waals surface area contributed by atoms with Crippen LogP contribution in [0.25, 0.3) is 11.3 Å². The molecule has 4 aromatic rings. The zero-order valence-corrected chi connectivity index (χ0v) is 24.3. The van der Waals surface area contributed by atoms with E-state index in [1.54, 1.807) is 48.5 Å². The quantitative estimate of drug-likeness (QED) is 0.228. The van der Waals surface area contributed by atoms with E-state index < -0.39 is 24.3 Å². The molecule has 1 saturated carbocycles. The summed E-state index contributed by atoms with van der Waals surface area (Å²) >= 11 is 1.28. The third-order valence-electron chi connectivity index (χ3n) is 7.73. The molecule has 1 aliphatic carbocycles. The van der Waals surface area contributed by atoms with E-state index in [-0.39, 0.29) is 25.3 Å². The van der Waals surface area contributed by atoms with Crippen molar-refractivity contribution in [3.05, 3.63) is 95.1 Å². The van der Waals surface area contributed by atoms with Crippen LogP contribution in [0.1, 0.15) is 46.0 Å². The minimum absolute atomic E-state index is 0.0748. The van der Waals surface area contributed by atoms with E-state index in [4.69, 9.17) is 14.5 Å². The van der Waals surface area contributed by atoms with Gasteiger partial charge in [0.15, 0.2) is 0 Å². The van der Waals surface area contributed by atoms with Gasteiger partial charge >= 0.3 is 6.18 Å². The van der Waals surface area contributed by atoms with Crippen molar-refractivity contribution in [3.8, 4) is 22.9 Å². The summed E-state index contributed by atoms with van der Waals surface area (Å²) in [6, 6.07) is 21.6. The van der Waals surface area contributed by atoms with Crippen LogP contribution in [0, 0.1) is 19.3 Å². The van der Waals surface area contributed by atoms with Crippen LogP contribution in [-0.4, -0.2) is 35.2 Å². The van der Waals surface area contributed by atoms with Crippen LogP contribution in [0.15, 0.2) is 77.7 Å². The summed E-state index contributed by atoms with van der Waals surface area (Å²) < 4.78 is 55.1. The van der Waals surface area contributed by atoms with Gasteiger partial charge in [-0.1, -0.05) is 36.4 Å². The van der Waals surface area contributed by atoms with Crippen molar-refractivity contribution >= 4 is 23.8 Å². The van der Waals surface area contributed by atoms with Crippen LogP contribution in [0.3, 0.4) is 0 Å². The first kappa shape index (κ1) is 28.9. The molecule has 222 valence electrons. The second kappa shape index (κ2) is 11.4. The number of carbonyl (C=O) groups excluding carboxylic acids is 1. The summed E-state index contributed by atoms with van der Waals surface area (Å²) in [4.78, 5) is 23.2. The van der Waals surface area contributed by atoms with Crippen LogP contribution >= 0.6 is 11.9 Å².